The van der Waals surface area contributed by atoms with E-state index in [0.29, 0.717) is 0 Å². The molecule has 0 aromatic heterocycles. The summed E-state index contributed by atoms with van der Waals surface area (Å²) in [7, 11) is -0.262. The number of hydrogen-bond acceptors (Lipinski definition) is 3. The fourth-order valence-corrected chi connectivity index (χ4v) is 1.20. The smallest absolute Gasteiger partial charge is 0.307 e. The van der Waals surface area contributed by atoms with Gasteiger partial charge in [0.15, 0.2) is 8.46 Å². The SMILES string of the molecule is O=PCC(CCC(=O)O)C(=O)O. The van der Waals surface area contributed by atoms with E-state index in [1.807, 2.05) is 0 Å². The summed E-state index contributed by atoms with van der Waals surface area (Å²) in [4.78, 5) is 20.4. The van der Waals surface area contributed by atoms with Crippen LogP contribution in [0.2, 0.25) is 0 Å². The van der Waals surface area contributed by atoms with Crippen LogP contribution in [0.5, 0.6) is 0 Å². The molecule has 0 spiro atoms. The highest BCUT2D eigenvalue weighted by Crippen LogP contribution is 2.12. The van der Waals surface area contributed by atoms with E-state index in [2.05, 4.69) is 0 Å². The molecule has 0 aliphatic rings. The number of carboxylic acid groups (broad SMARTS) is 2. The minimum absolute atomic E-state index is 0.0252. The van der Waals surface area contributed by atoms with Crippen LogP contribution >= 0.6 is 8.46 Å². The molecule has 0 rings (SSSR count). The Labute approximate surface area is 70.6 Å². The maximum atomic E-state index is 10.4. The minimum Gasteiger partial charge on any atom is -0.481 e. The number of aliphatic carboxylic acids is 2. The zero-order chi connectivity index (χ0) is 9.56. The summed E-state index contributed by atoms with van der Waals surface area (Å²) >= 11 is 0. The largest absolute Gasteiger partial charge is 0.481 e. The van der Waals surface area contributed by atoms with Crippen molar-refractivity contribution in [1.29, 1.82) is 0 Å². The van der Waals surface area contributed by atoms with E-state index < -0.39 is 17.9 Å². The number of carbonyl (C=O) groups is 2. The summed E-state index contributed by atoms with van der Waals surface area (Å²) < 4.78 is 10.1. The average molecular weight is 192 g/mol. The summed E-state index contributed by atoms with van der Waals surface area (Å²) in [5, 5.41) is 16.7. The quantitative estimate of drug-likeness (QED) is 0.608. The maximum absolute atomic E-state index is 10.4. The molecule has 0 fully saturated rings. The summed E-state index contributed by atoms with van der Waals surface area (Å²) in [5.41, 5.74) is 0. The van der Waals surface area contributed by atoms with E-state index >= 15 is 0 Å². The van der Waals surface area contributed by atoms with Gasteiger partial charge in [0.05, 0.1) is 5.92 Å². The molecular weight excluding hydrogens is 183 g/mol. The number of rotatable bonds is 6. The second-order valence-corrected chi connectivity index (χ2v) is 2.90. The van der Waals surface area contributed by atoms with Crippen molar-refractivity contribution >= 4 is 20.4 Å². The Kier molecular flexibility index (Phi) is 5.21. The molecule has 5 nitrogen and oxygen atoms in total. The summed E-state index contributed by atoms with van der Waals surface area (Å²) in [6.07, 6.45) is -0.199. The van der Waals surface area contributed by atoms with E-state index in [9.17, 15) is 14.2 Å². The number of hydrogen-bond donors (Lipinski definition) is 2. The van der Waals surface area contributed by atoms with Gasteiger partial charge < -0.3 is 10.2 Å². The molecule has 68 valence electrons. The van der Waals surface area contributed by atoms with Crippen molar-refractivity contribution in [2.75, 3.05) is 6.16 Å². The molecule has 0 aliphatic heterocycles. The van der Waals surface area contributed by atoms with E-state index in [1.165, 1.54) is 0 Å². The van der Waals surface area contributed by atoms with Crippen LogP contribution in [0.1, 0.15) is 12.8 Å². The molecule has 0 amide bonds. The first kappa shape index (κ1) is 11.0. The first-order chi connectivity index (χ1) is 5.57. The zero-order valence-corrected chi connectivity index (χ0v) is 7.16. The highest BCUT2D eigenvalue weighted by Gasteiger charge is 2.18. The fourth-order valence-electron chi connectivity index (χ4n) is 0.681. The van der Waals surface area contributed by atoms with Crippen LogP contribution in [0, 0.1) is 5.92 Å². The molecule has 1 atom stereocenters. The van der Waals surface area contributed by atoms with Crippen molar-refractivity contribution < 1.29 is 24.4 Å². The standard InChI is InChI=1S/C6H9O5P/c7-5(8)2-1-4(3-12-11)6(9)10/h4H,1-3H2,(H,7,8)(H,9,10). The van der Waals surface area contributed by atoms with E-state index in [4.69, 9.17) is 10.2 Å². The molecule has 12 heavy (non-hydrogen) atoms. The first-order valence-corrected chi connectivity index (χ1v) is 4.31. The third kappa shape index (κ3) is 4.79. The van der Waals surface area contributed by atoms with Crippen LogP contribution < -0.4 is 0 Å². The van der Waals surface area contributed by atoms with Crippen LogP contribution in [-0.2, 0) is 14.2 Å². The van der Waals surface area contributed by atoms with Crippen molar-refractivity contribution in [3.8, 4) is 0 Å². The van der Waals surface area contributed by atoms with Gasteiger partial charge in [-0.05, 0) is 6.42 Å². The summed E-state index contributed by atoms with van der Waals surface area (Å²) in [6, 6.07) is 0. The molecule has 0 bridgehead atoms. The van der Waals surface area contributed by atoms with E-state index in [1.54, 1.807) is 0 Å². The van der Waals surface area contributed by atoms with E-state index in [-0.39, 0.29) is 27.5 Å². The lowest BCUT2D eigenvalue weighted by Crippen LogP contribution is -2.16. The van der Waals surface area contributed by atoms with Crippen LogP contribution in [0.25, 0.3) is 0 Å². The first-order valence-electron chi connectivity index (χ1n) is 3.31. The predicted octanol–water partition coefficient (Wildman–Crippen LogP) is 0.844. The Morgan fingerprint density at radius 3 is 2.25 bits per heavy atom. The Morgan fingerprint density at radius 2 is 1.92 bits per heavy atom. The molecule has 6 heteroatoms. The zero-order valence-electron chi connectivity index (χ0n) is 6.27. The van der Waals surface area contributed by atoms with Crippen molar-refractivity contribution in [2.24, 2.45) is 5.92 Å². The van der Waals surface area contributed by atoms with Gasteiger partial charge in [0.2, 0.25) is 0 Å². The Balaban J connectivity index is 3.86. The van der Waals surface area contributed by atoms with Gasteiger partial charge in [0.25, 0.3) is 0 Å². The Hall–Kier alpha value is -0.960. The normalized spacial score (nSPS) is 12.7. The molecule has 1 unspecified atom stereocenters. The molecule has 0 heterocycles. The Morgan fingerprint density at radius 1 is 1.33 bits per heavy atom. The third-order valence-electron chi connectivity index (χ3n) is 1.35. The average Bonchev–Trinajstić information content (AvgIpc) is 1.96. The molecule has 0 saturated heterocycles. The third-order valence-corrected chi connectivity index (χ3v) is 1.94. The van der Waals surface area contributed by atoms with Crippen LogP contribution in [0.15, 0.2) is 0 Å². The van der Waals surface area contributed by atoms with Crippen molar-refractivity contribution in [2.45, 2.75) is 12.8 Å². The molecule has 0 aliphatic carbocycles. The minimum atomic E-state index is -1.10. The van der Waals surface area contributed by atoms with Gasteiger partial charge in [0.1, 0.15) is 0 Å². The topological polar surface area (TPSA) is 91.7 Å². The molecule has 0 saturated carbocycles. The Bertz CT molecular complexity index is 190. The highest BCUT2D eigenvalue weighted by molar-refractivity contribution is 7.23. The number of carboxylic acids is 2. The van der Waals surface area contributed by atoms with Gasteiger partial charge in [-0.2, -0.15) is 0 Å². The second kappa shape index (κ2) is 5.66. The summed E-state index contributed by atoms with van der Waals surface area (Å²) in [6.45, 7) is 0. The van der Waals surface area contributed by atoms with Gasteiger partial charge in [-0.15, -0.1) is 0 Å². The van der Waals surface area contributed by atoms with Gasteiger partial charge in [-0.3, -0.25) is 14.2 Å². The lowest BCUT2D eigenvalue weighted by atomic mass is 10.1. The monoisotopic (exact) mass is 192 g/mol. The van der Waals surface area contributed by atoms with Crippen molar-refractivity contribution in [1.82, 2.24) is 0 Å². The van der Waals surface area contributed by atoms with Crippen LogP contribution in [-0.4, -0.2) is 28.3 Å². The van der Waals surface area contributed by atoms with Crippen molar-refractivity contribution in [3.05, 3.63) is 0 Å². The molecule has 0 aromatic rings. The molecule has 2 N–H and O–H groups in total. The van der Waals surface area contributed by atoms with Gasteiger partial charge in [-0.25, -0.2) is 0 Å². The summed E-state index contributed by atoms with van der Waals surface area (Å²) in [5.74, 6) is -2.95. The fraction of sp³-hybridized carbons (Fsp3) is 0.667. The molecule has 0 radical (unpaired) electrons. The van der Waals surface area contributed by atoms with Gasteiger partial charge in [0, 0.05) is 12.6 Å². The predicted molar refractivity (Wildman–Crippen MR) is 40.5 cm³/mol. The van der Waals surface area contributed by atoms with Crippen LogP contribution in [0.3, 0.4) is 0 Å². The molecule has 0 aromatic carbocycles. The van der Waals surface area contributed by atoms with Crippen LogP contribution in [0.4, 0.5) is 0 Å². The van der Waals surface area contributed by atoms with E-state index in [0.717, 1.165) is 0 Å². The molecular formula is C6H9O5P. The van der Waals surface area contributed by atoms with Gasteiger partial charge >= 0.3 is 11.9 Å². The van der Waals surface area contributed by atoms with Gasteiger partial charge in [-0.1, -0.05) is 0 Å². The highest BCUT2D eigenvalue weighted by atomic mass is 31.1. The second-order valence-electron chi connectivity index (χ2n) is 2.28. The van der Waals surface area contributed by atoms with Crippen molar-refractivity contribution in [3.63, 3.8) is 0 Å². The maximum Gasteiger partial charge on any atom is 0.307 e. The lowest BCUT2D eigenvalue weighted by Gasteiger charge is -2.04. The lowest BCUT2D eigenvalue weighted by molar-refractivity contribution is -0.142.